The van der Waals surface area contributed by atoms with Crippen LogP contribution in [0.15, 0.2) is 48.5 Å². The standard InChI is InChI=1S/C24H30ClFN2O2S/c1-5-21(23(30)27-24(2,3)4)28(14-18-8-6-7-9-20(18)25)22(29)16-31-15-17-10-12-19(26)13-11-17/h6-13,21H,5,14-16H2,1-4H3,(H,27,30)/t21-/m0/s1. The summed E-state index contributed by atoms with van der Waals surface area (Å²) in [6.45, 7) is 7.89. The number of amides is 2. The number of halogens is 2. The predicted octanol–water partition coefficient (Wildman–Crippen LogP) is 5.43. The Balaban J connectivity index is 2.16. The van der Waals surface area contributed by atoms with Crippen molar-refractivity contribution in [3.63, 3.8) is 0 Å². The molecule has 31 heavy (non-hydrogen) atoms. The number of benzene rings is 2. The Morgan fingerprint density at radius 1 is 1.13 bits per heavy atom. The van der Waals surface area contributed by atoms with Gasteiger partial charge >= 0.3 is 0 Å². The monoisotopic (exact) mass is 464 g/mol. The highest BCUT2D eigenvalue weighted by atomic mass is 35.5. The minimum Gasteiger partial charge on any atom is -0.350 e. The molecule has 1 atom stereocenters. The maximum atomic E-state index is 13.2. The molecule has 2 aromatic rings. The van der Waals surface area contributed by atoms with E-state index in [0.29, 0.717) is 17.2 Å². The van der Waals surface area contributed by atoms with Gasteiger partial charge in [-0.05, 0) is 56.5 Å². The van der Waals surface area contributed by atoms with E-state index in [-0.39, 0.29) is 29.9 Å². The van der Waals surface area contributed by atoms with E-state index in [1.807, 2.05) is 45.9 Å². The molecule has 2 aromatic carbocycles. The first kappa shape index (κ1) is 25.2. The van der Waals surface area contributed by atoms with Gasteiger partial charge in [0, 0.05) is 22.9 Å². The van der Waals surface area contributed by atoms with Crippen LogP contribution in [0.2, 0.25) is 5.02 Å². The second-order valence-corrected chi connectivity index (χ2v) is 9.79. The van der Waals surface area contributed by atoms with Gasteiger partial charge in [0.25, 0.3) is 0 Å². The number of hydrogen-bond acceptors (Lipinski definition) is 3. The van der Waals surface area contributed by atoms with E-state index in [1.165, 1.54) is 23.9 Å². The molecule has 0 aromatic heterocycles. The molecule has 0 fully saturated rings. The summed E-state index contributed by atoms with van der Waals surface area (Å²) in [6.07, 6.45) is 0.487. The van der Waals surface area contributed by atoms with Gasteiger partial charge in [-0.25, -0.2) is 4.39 Å². The fourth-order valence-corrected chi connectivity index (χ4v) is 4.17. The number of carbonyl (C=O) groups is 2. The van der Waals surface area contributed by atoms with Crippen molar-refractivity contribution < 1.29 is 14.0 Å². The maximum Gasteiger partial charge on any atom is 0.243 e. The highest BCUT2D eigenvalue weighted by Gasteiger charge is 2.30. The second-order valence-electron chi connectivity index (χ2n) is 8.40. The zero-order valence-corrected chi connectivity index (χ0v) is 20.0. The number of carbonyl (C=O) groups excluding carboxylic acids is 2. The van der Waals surface area contributed by atoms with Crippen LogP contribution in [0.3, 0.4) is 0 Å². The molecule has 4 nitrogen and oxygen atoms in total. The Bertz CT molecular complexity index is 884. The third-order valence-corrected chi connectivity index (χ3v) is 5.95. The summed E-state index contributed by atoms with van der Waals surface area (Å²) in [5.41, 5.74) is 1.33. The van der Waals surface area contributed by atoms with Crippen LogP contribution in [-0.2, 0) is 21.9 Å². The van der Waals surface area contributed by atoms with Crippen LogP contribution >= 0.6 is 23.4 Å². The SMILES string of the molecule is CC[C@@H](C(=O)NC(C)(C)C)N(Cc1ccccc1Cl)C(=O)CSCc1ccc(F)cc1. The van der Waals surface area contributed by atoms with Crippen LogP contribution < -0.4 is 5.32 Å². The molecule has 0 saturated carbocycles. The lowest BCUT2D eigenvalue weighted by atomic mass is 10.1. The largest absolute Gasteiger partial charge is 0.350 e. The molecule has 1 N–H and O–H groups in total. The minimum absolute atomic E-state index is 0.136. The molecule has 0 unspecified atom stereocenters. The number of hydrogen-bond donors (Lipinski definition) is 1. The van der Waals surface area contributed by atoms with Crippen LogP contribution in [0.4, 0.5) is 4.39 Å². The highest BCUT2D eigenvalue weighted by molar-refractivity contribution is 7.99. The number of nitrogens with zero attached hydrogens (tertiary/aromatic N) is 1. The van der Waals surface area contributed by atoms with Crippen LogP contribution in [0.1, 0.15) is 45.2 Å². The molecular weight excluding hydrogens is 435 g/mol. The van der Waals surface area contributed by atoms with Gasteiger partial charge in [0.15, 0.2) is 0 Å². The molecule has 0 aliphatic carbocycles. The average molecular weight is 465 g/mol. The zero-order chi connectivity index (χ0) is 23.0. The van der Waals surface area contributed by atoms with E-state index in [9.17, 15) is 14.0 Å². The Labute approximate surface area is 193 Å². The van der Waals surface area contributed by atoms with Crippen molar-refractivity contribution in [3.05, 3.63) is 70.5 Å². The normalized spacial score (nSPS) is 12.3. The van der Waals surface area contributed by atoms with Crippen molar-refractivity contribution in [2.24, 2.45) is 0 Å². The molecular formula is C24H30ClFN2O2S. The van der Waals surface area contributed by atoms with Gasteiger partial charge in [-0.15, -0.1) is 11.8 Å². The maximum absolute atomic E-state index is 13.2. The number of thioether (sulfide) groups is 1. The Morgan fingerprint density at radius 3 is 2.35 bits per heavy atom. The number of rotatable bonds is 9. The van der Waals surface area contributed by atoms with Gasteiger partial charge in [-0.2, -0.15) is 0 Å². The predicted molar refractivity (Wildman–Crippen MR) is 127 cm³/mol. The topological polar surface area (TPSA) is 49.4 Å². The van der Waals surface area contributed by atoms with E-state index in [2.05, 4.69) is 5.32 Å². The first-order valence-corrected chi connectivity index (χ1v) is 11.8. The van der Waals surface area contributed by atoms with E-state index in [0.717, 1.165) is 11.1 Å². The average Bonchev–Trinajstić information content (AvgIpc) is 2.69. The fraction of sp³-hybridized carbons (Fsp3) is 0.417. The summed E-state index contributed by atoms with van der Waals surface area (Å²) >= 11 is 7.77. The van der Waals surface area contributed by atoms with Crippen molar-refractivity contribution in [2.75, 3.05) is 5.75 Å². The first-order valence-electron chi connectivity index (χ1n) is 10.3. The molecule has 0 heterocycles. The Morgan fingerprint density at radius 2 is 1.77 bits per heavy atom. The summed E-state index contributed by atoms with van der Waals surface area (Å²) in [7, 11) is 0. The Kier molecular flexibility index (Phi) is 9.38. The summed E-state index contributed by atoms with van der Waals surface area (Å²) < 4.78 is 13.1. The molecule has 7 heteroatoms. The van der Waals surface area contributed by atoms with Gasteiger partial charge < -0.3 is 10.2 Å². The summed E-state index contributed by atoms with van der Waals surface area (Å²) in [6, 6.07) is 13.0. The summed E-state index contributed by atoms with van der Waals surface area (Å²) in [5, 5.41) is 3.55. The van der Waals surface area contributed by atoms with Crippen LogP contribution in [0, 0.1) is 5.82 Å². The minimum atomic E-state index is -0.602. The molecule has 0 saturated heterocycles. The molecule has 0 aliphatic heterocycles. The molecule has 2 amide bonds. The van der Waals surface area contributed by atoms with Crippen molar-refractivity contribution in [1.82, 2.24) is 10.2 Å². The van der Waals surface area contributed by atoms with Crippen molar-refractivity contribution in [1.29, 1.82) is 0 Å². The van der Waals surface area contributed by atoms with E-state index < -0.39 is 11.6 Å². The fourth-order valence-electron chi connectivity index (χ4n) is 3.10. The van der Waals surface area contributed by atoms with Gasteiger partial charge in [-0.3, -0.25) is 9.59 Å². The van der Waals surface area contributed by atoms with Gasteiger partial charge in [0.1, 0.15) is 11.9 Å². The molecule has 0 radical (unpaired) electrons. The molecule has 0 bridgehead atoms. The quantitative estimate of drug-likeness (QED) is 0.538. The van der Waals surface area contributed by atoms with Gasteiger partial charge in [0.05, 0.1) is 5.75 Å². The van der Waals surface area contributed by atoms with Crippen LogP contribution in [-0.4, -0.2) is 34.0 Å². The van der Waals surface area contributed by atoms with Crippen LogP contribution in [0.25, 0.3) is 0 Å². The van der Waals surface area contributed by atoms with Gasteiger partial charge in [-0.1, -0.05) is 48.9 Å². The summed E-state index contributed by atoms with van der Waals surface area (Å²) in [5.74, 6) is 0.186. The van der Waals surface area contributed by atoms with E-state index >= 15 is 0 Å². The van der Waals surface area contributed by atoms with Crippen molar-refractivity contribution in [3.8, 4) is 0 Å². The van der Waals surface area contributed by atoms with Gasteiger partial charge in [0.2, 0.25) is 11.8 Å². The smallest absolute Gasteiger partial charge is 0.243 e. The molecule has 0 aliphatic rings. The molecule has 0 spiro atoms. The lowest BCUT2D eigenvalue weighted by Crippen LogP contribution is -2.53. The lowest BCUT2D eigenvalue weighted by Gasteiger charge is -2.33. The summed E-state index contributed by atoms with van der Waals surface area (Å²) in [4.78, 5) is 27.8. The second kappa shape index (κ2) is 11.5. The third kappa shape index (κ3) is 8.19. The lowest BCUT2D eigenvalue weighted by molar-refractivity contribution is -0.140. The molecule has 168 valence electrons. The number of nitrogens with one attached hydrogen (secondary N) is 1. The van der Waals surface area contributed by atoms with E-state index in [1.54, 1.807) is 23.1 Å². The molecule has 2 rings (SSSR count). The highest BCUT2D eigenvalue weighted by Crippen LogP contribution is 2.22. The third-order valence-electron chi connectivity index (χ3n) is 4.59. The zero-order valence-electron chi connectivity index (χ0n) is 18.5. The van der Waals surface area contributed by atoms with Crippen molar-refractivity contribution >= 4 is 35.2 Å². The Hall–Kier alpha value is -2.05. The van der Waals surface area contributed by atoms with Crippen LogP contribution in [0.5, 0.6) is 0 Å². The first-order chi connectivity index (χ1) is 14.6. The van der Waals surface area contributed by atoms with Crippen molar-refractivity contribution in [2.45, 2.75) is 58.0 Å². The van der Waals surface area contributed by atoms with E-state index in [4.69, 9.17) is 11.6 Å².